The zero-order valence-corrected chi connectivity index (χ0v) is 15.4. The van der Waals surface area contributed by atoms with E-state index in [0.717, 1.165) is 55.0 Å². The number of ether oxygens (including phenoxy) is 2. The van der Waals surface area contributed by atoms with E-state index in [4.69, 9.17) is 9.47 Å². The Kier molecular flexibility index (Phi) is 5.93. The van der Waals surface area contributed by atoms with E-state index in [1.54, 1.807) is 0 Å². The first kappa shape index (κ1) is 17.5. The Morgan fingerprint density at radius 1 is 1.29 bits per heavy atom. The SMILES string of the molecule is CCCC[C@H](CC)C(=O)N1CCS[C@H]1c1ccc2c(c1)OCCO2. The van der Waals surface area contributed by atoms with Crippen LogP contribution >= 0.6 is 11.8 Å². The van der Waals surface area contributed by atoms with Crippen molar-refractivity contribution in [2.45, 2.75) is 44.9 Å². The standard InChI is InChI=1S/C19H27NO3S/c1-3-5-6-14(4-2)18(21)20-9-12-24-19(20)15-7-8-16-17(13-15)23-11-10-22-16/h7-8,13-14,19H,3-6,9-12H2,1-2H3/t14-,19-/m0/s1. The Morgan fingerprint density at radius 3 is 2.83 bits per heavy atom. The van der Waals surface area contributed by atoms with Crippen molar-refractivity contribution in [2.24, 2.45) is 5.92 Å². The molecule has 4 nitrogen and oxygen atoms in total. The van der Waals surface area contributed by atoms with Crippen LogP contribution in [0.3, 0.4) is 0 Å². The van der Waals surface area contributed by atoms with E-state index >= 15 is 0 Å². The highest BCUT2D eigenvalue weighted by atomic mass is 32.2. The highest BCUT2D eigenvalue weighted by Gasteiger charge is 2.34. The first-order valence-electron chi connectivity index (χ1n) is 9.06. The monoisotopic (exact) mass is 349 g/mol. The number of hydrogen-bond acceptors (Lipinski definition) is 4. The number of carbonyl (C=O) groups excluding carboxylic acids is 1. The molecule has 132 valence electrons. The predicted molar refractivity (Wildman–Crippen MR) is 97.7 cm³/mol. The summed E-state index contributed by atoms with van der Waals surface area (Å²) in [5.41, 5.74) is 1.14. The number of amides is 1. The molecule has 0 unspecified atom stereocenters. The zero-order chi connectivity index (χ0) is 16.9. The average molecular weight is 349 g/mol. The van der Waals surface area contributed by atoms with Gasteiger partial charge in [0.2, 0.25) is 5.91 Å². The molecular weight excluding hydrogens is 322 g/mol. The van der Waals surface area contributed by atoms with Gasteiger partial charge in [0.25, 0.3) is 0 Å². The van der Waals surface area contributed by atoms with Crippen LogP contribution in [0.25, 0.3) is 0 Å². The van der Waals surface area contributed by atoms with Crippen LogP contribution in [0.1, 0.15) is 50.5 Å². The maximum Gasteiger partial charge on any atom is 0.226 e. The minimum absolute atomic E-state index is 0.101. The van der Waals surface area contributed by atoms with Crippen LogP contribution < -0.4 is 9.47 Å². The van der Waals surface area contributed by atoms with Crippen LogP contribution in [0.4, 0.5) is 0 Å². The van der Waals surface area contributed by atoms with Crippen molar-refractivity contribution in [3.05, 3.63) is 23.8 Å². The van der Waals surface area contributed by atoms with Crippen LogP contribution in [0.15, 0.2) is 18.2 Å². The van der Waals surface area contributed by atoms with Crippen LogP contribution in [-0.4, -0.2) is 36.3 Å². The molecule has 3 rings (SSSR count). The van der Waals surface area contributed by atoms with Crippen LogP contribution in [-0.2, 0) is 4.79 Å². The molecule has 5 heteroatoms. The molecule has 0 N–H and O–H groups in total. The number of carbonyl (C=O) groups is 1. The number of thioether (sulfide) groups is 1. The van der Waals surface area contributed by atoms with E-state index < -0.39 is 0 Å². The molecule has 1 aromatic rings. The van der Waals surface area contributed by atoms with E-state index in [9.17, 15) is 4.79 Å². The molecule has 1 amide bonds. The van der Waals surface area contributed by atoms with Crippen LogP contribution in [0.5, 0.6) is 11.5 Å². The number of rotatable bonds is 6. The maximum absolute atomic E-state index is 13.0. The van der Waals surface area contributed by atoms with Gasteiger partial charge in [-0.05, 0) is 30.5 Å². The molecule has 0 aliphatic carbocycles. The fraction of sp³-hybridized carbons (Fsp3) is 0.632. The molecule has 0 aromatic heterocycles. The minimum Gasteiger partial charge on any atom is -0.486 e. The lowest BCUT2D eigenvalue weighted by atomic mass is 9.97. The molecule has 0 radical (unpaired) electrons. The van der Waals surface area contributed by atoms with Gasteiger partial charge < -0.3 is 14.4 Å². The Hall–Kier alpha value is -1.36. The van der Waals surface area contributed by atoms with Gasteiger partial charge in [0.05, 0.1) is 0 Å². The Bertz CT molecular complexity index is 578. The highest BCUT2D eigenvalue weighted by Crippen LogP contribution is 2.42. The van der Waals surface area contributed by atoms with Gasteiger partial charge in [0, 0.05) is 18.2 Å². The van der Waals surface area contributed by atoms with E-state index in [2.05, 4.69) is 24.8 Å². The van der Waals surface area contributed by atoms with Crippen molar-refractivity contribution in [2.75, 3.05) is 25.5 Å². The number of benzene rings is 1. The molecule has 2 aliphatic heterocycles. The minimum atomic E-state index is 0.101. The summed E-state index contributed by atoms with van der Waals surface area (Å²) in [5, 5.41) is 0.101. The van der Waals surface area contributed by atoms with Crippen LogP contribution in [0, 0.1) is 5.92 Å². The molecule has 0 bridgehead atoms. The topological polar surface area (TPSA) is 38.8 Å². The lowest BCUT2D eigenvalue weighted by Gasteiger charge is -2.29. The summed E-state index contributed by atoms with van der Waals surface area (Å²) in [5.74, 6) is 3.07. The van der Waals surface area contributed by atoms with Crippen molar-refractivity contribution >= 4 is 17.7 Å². The highest BCUT2D eigenvalue weighted by molar-refractivity contribution is 7.99. The first-order valence-corrected chi connectivity index (χ1v) is 10.1. The van der Waals surface area contributed by atoms with Gasteiger partial charge in [-0.15, -0.1) is 11.8 Å². The van der Waals surface area contributed by atoms with Gasteiger partial charge in [-0.3, -0.25) is 4.79 Å². The second-order valence-corrected chi connectivity index (χ2v) is 7.59. The normalized spacial score (nSPS) is 20.9. The quantitative estimate of drug-likeness (QED) is 0.770. The third kappa shape index (κ3) is 3.66. The molecule has 1 fully saturated rings. The van der Waals surface area contributed by atoms with E-state index in [0.29, 0.717) is 19.1 Å². The fourth-order valence-electron chi connectivity index (χ4n) is 3.37. The predicted octanol–water partition coefficient (Wildman–Crippen LogP) is 4.25. The van der Waals surface area contributed by atoms with Gasteiger partial charge in [-0.2, -0.15) is 0 Å². The van der Waals surface area contributed by atoms with E-state index in [1.807, 2.05) is 23.9 Å². The van der Waals surface area contributed by atoms with Gasteiger partial charge >= 0.3 is 0 Å². The fourth-order valence-corrected chi connectivity index (χ4v) is 4.63. The van der Waals surface area contributed by atoms with Crippen molar-refractivity contribution < 1.29 is 14.3 Å². The molecule has 1 aromatic carbocycles. The molecule has 1 saturated heterocycles. The van der Waals surface area contributed by atoms with Gasteiger partial charge in [0.15, 0.2) is 11.5 Å². The molecule has 0 saturated carbocycles. The van der Waals surface area contributed by atoms with Gasteiger partial charge in [-0.1, -0.05) is 32.8 Å². The molecule has 0 spiro atoms. The van der Waals surface area contributed by atoms with Crippen molar-refractivity contribution in [1.29, 1.82) is 0 Å². The summed E-state index contributed by atoms with van der Waals surface area (Å²) >= 11 is 1.84. The number of nitrogens with zero attached hydrogens (tertiary/aromatic N) is 1. The summed E-state index contributed by atoms with van der Waals surface area (Å²) in [6.07, 6.45) is 4.19. The summed E-state index contributed by atoms with van der Waals surface area (Å²) in [6, 6.07) is 6.09. The summed E-state index contributed by atoms with van der Waals surface area (Å²) in [6.45, 7) is 6.34. The lowest BCUT2D eigenvalue weighted by molar-refractivity contribution is -0.136. The smallest absolute Gasteiger partial charge is 0.226 e. The van der Waals surface area contributed by atoms with E-state index in [1.165, 1.54) is 0 Å². The van der Waals surface area contributed by atoms with Gasteiger partial charge in [-0.25, -0.2) is 0 Å². The molecular formula is C19H27NO3S. The molecule has 24 heavy (non-hydrogen) atoms. The molecule has 2 heterocycles. The Morgan fingerprint density at radius 2 is 2.08 bits per heavy atom. The second kappa shape index (κ2) is 8.15. The maximum atomic E-state index is 13.0. The lowest BCUT2D eigenvalue weighted by Crippen LogP contribution is -2.35. The average Bonchev–Trinajstić information content (AvgIpc) is 3.11. The number of fused-ring (bicyclic) bond motifs is 1. The van der Waals surface area contributed by atoms with Crippen LogP contribution in [0.2, 0.25) is 0 Å². The third-order valence-corrected chi connectivity index (χ3v) is 6.03. The number of hydrogen-bond donors (Lipinski definition) is 0. The first-order chi connectivity index (χ1) is 11.7. The van der Waals surface area contributed by atoms with E-state index in [-0.39, 0.29) is 11.3 Å². The van der Waals surface area contributed by atoms with Crippen molar-refractivity contribution in [3.8, 4) is 11.5 Å². The molecule has 2 aliphatic rings. The molecule has 2 atom stereocenters. The van der Waals surface area contributed by atoms with Crippen molar-refractivity contribution in [3.63, 3.8) is 0 Å². The number of unbranched alkanes of at least 4 members (excludes halogenated alkanes) is 1. The Labute approximate surface area is 148 Å². The summed E-state index contributed by atoms with van der Waals surface area (Å²) < 4.78 is 11.3. The van der Waals surface area contributed by atoms with Gasteiger partial charge in [0.1, 0.15) is 18.6 Å². The Balaban J connectivity index is 1.76. The zero-order valence-electron chi connectivity index (χ0n) is 14.6. The second-order valence-electron chi connectivity index (χ2n) is 6.41. The summed E-state index contributed by atoms with van der Waals surface area (Å²) in [7, 11) is 0. The van der Waals surface area contributed by atoms with Crippen molar-refractivity contribution in [1.82, 2.24) is 4.90 Å². The largest absolute Gasteiger partial charge is 0.486 e. The summed E-state index contributed by atoms with van der Waals surface area (Å²) in [4.78, 5) is 15.1. The third-order valence-electron chi connectivity index (χ3n) is 4.77.